The SMILES string of the molecule is COc1ccc(NC=O)cc1NC(=O)c1ccco1. The Morgan fingerprint density at radius 3 is 2.84 bits per heavy atom. The van der Waals surface area contributed by atoms with Crippen LogP contribution in [-0.2, 0) is 4.79 Å². The van der Waals surface area contributed by atoms with Gasteiger partial charge in [0, 0.05) is 5.69 Å². The van der Waals surface area contributed by atoms with Crippen LogP contribution in [0.3, 0.4) is 0 Å². The summed E-state index contributed by atoms with van der Waals surface area (Å²) < 4.78 is 10.1. The summed E-state index contributed by atoms with van der Waals surface area (Å²) in [5.41, 5.74) is 0.987. The quantitative estimate of drug-likeness (QED) is 0.807. The van der Waals surface area contributed by atoms with Crippen LogP contribution in [0.1, 0.15) is 10.6 Å². The van der Waals surface area contributed by atoms with Gasteiger partial charge in [0.15, 0.2) is 5.76 Å². The van der Waals surface area contributed by atoms with Gasteiger partial charge in [-0.25, -0.2) is 0 Å². The summed E-state index contributed by atoms with van der Waals surface area (Å²) in [6, 6.07) is 8.07. The van der Waals surface area contributed by atoms with E-state index in [1.165, 1.54) is 13.4 Å². The van der Waals surface area contributed by atoms with Crippen LogP contribution in [0.15, 0.2) is 41.0 Å². The molecule has 6 nitrogen and oxygen atoms in total. The molecular weight excluding hydrogens is 248 g/mol. The largest absolute Gasteiger partial charge is 0.495 e. The van der Waals surface area contributed by atoms with Crippen molar-refractivity contribution in [2.45, 2.75) is 0 Å². The molecular formula is C13H12N2O4. The van der Waals surface area contributed by atoms with E-state index in [-0.39, 0.29) is 5.76 Å². The highest BCUT2D eigenvalue weighted by molar-refractivity contribution is 6.03. The molecule has 2 amide bonds. The summed E-state index contributed by atoms with van der Waals surface area (Å²) in [5.74, 6) is 0.277. The molecule has 2 N–H and O–H groups in total. The predicted molar refractivity (Wildman–Crippen MR) is 69.3 cm³/mol. The molecule has 0 radical (unpaired) electrons. The molecule has 0 saturated carbocycles. The van der Waals surface area contributed by atoms with Crippen molar-refractivity contribution in [3.8, 4) is 5.75 Å². The maximum atomic E-state index is 11.9. The molecule has 0 aliphatic heterocycles. The van der Waals surface area contributed by atoms with Gasteiger partial charge in [0.2, 0.25) is 6.41 Å². The Hall–Kier alpha value is -2.76. The molecule has 1 heterocycles. The van der Waals surface area contributed by atoms with Crippen LogP contribution in [0, 0.1) is 0 Å². The number of amides is 2. The third kappa shape index (κ3) is 2.92. The molecule has 1 aromatic carbocycles. The average molecular weight is 260 g/mol. The maximum absolute atomic E-state index is 11.9. The van der Waals surface area contributed by atoms with Crippen LogP contribution in [0.2, 0.25) is 0 Å². The van der Waals surface area contributed by atoms with Crippen molar-refractivity contribution in [1.82, 2.24) is 0 Å². The third-order valence-electron chi connectivity index (χ3n) is 2.42. The number of rotatable bonds is 5. The lowest BCUT2D eigenvalue weighted by atomic mass is 10.2. The van der Waals surface area contributed by atoms with E-state index in [1.54, 1.807) is 30.3 Å². The molecule has 2 rings (SSSR count). The standard InChI is InChI=1S/C13H12N2O4/c1-18-11-5-4-9(14-8-16)7-10(11)15-13(17)12-3-2-6-19-12/h2-8H,1H3,(H,14,16)(H,15,17). The van der Waals surface area contributed by atoms with Crippen molar-refractivity contribution >= 4 is 23.7 Å². The van der Waals surface area contributed by atoms with Gasteiger partial charge in [-0.15, -0.1) is 0 Å². The topological polar surface area (TPSA) is 80.6 Å². The van der Waals surface area contributed by atoms with Crippen molar-refractivity contribution in [3.05, 3.63) is 42.4 Å². The first-order valence-electron chi connectivity index (χ1n) is 5.47. The summed E-state index contributed by atoms with van der Waals surface area (Å²) in [4.78, 5) is 22.3. The van der Waals surface area contributed by atoms with E-state index < -0.39 is 5.91 Å². The molecule has 0 unspecified atom stereocenters. The summed E-state index contributed by atoms with van der Waals surface area (Å²) in [5, 5.41) is 5.15. The van der Waals surface area contributed by atoms with E-state index in [4.69, 9.17) is 9.15 Å². The van der Waals surface area contributed by atoms with Gasteiger partial charge in [-0.3, -0.25) is 9.59 Å². The van der Waals surface area contributed by atoms with Gasteiger partial charge in [0.25, 0.3) is 5.91 Å². The highest BCUT2D eigenvalue weighted by Crippen LogP contribution is 2.28. The molecule has 6 heteroatoms. The second-order valence-corrected chi connectivity index (χ2v) is 3.61. The Balaban J connectivity index is 2.24. The molecule has 0 aliphatic carbocycles. The van der Waals surface area contributed by atoms with Crippen molar-refractivity contribution in [2.24, 2.45) is 0 Å². The van der Waals surface area contributed by atoms with E-state index in [0.29, 0.717) is 23.5 Å². The summed E-state index contributed by atoms with van der Waals surface area (Å²) in [7, 11) is 1.49. The lowest BCUT2D eigenvalue weighted by Gasteiger charge is -2.10. The van der Waals surface area contributed by atoms with Crippen molar-refractivity contribution in [3.63, 3.8) is 0 Å². The van der Waals surface area contributed by atoms with Crippen LogP contribution in [0.25, 0.3) is 0 Å². The smallest absolute Gasteiger partial charge is 0.291 e. The van der Waals surface area contributed by atoms with Crippen LogP contribution in [-0.4, -0.2) is 19.4 Å². The number of anilines is 2. The molecule has 0 bridgehead atoms. The minimum absolute atomic E-state index is 0.191. The Labute approximate surface area is 109 Å². The van der Waals surface area contributed by atoms with Gasteiger partial charge in [0.1, 0.15) is 5.75 Å². The van der Waals surface area contributed by atoms with Gasteiger partial charge in [0.05, 0.1) is 19.1 Å². The third-order valence-corrected chi connectivity index (χ3v) is 2.42. The van der Waals surface area contributed by atoms with Crippen LogP contribution in [0.5, 0.6) is 5.75 Å². The second kappa shape index (κ2) is 5.72. The Kier molecular flexibility index (Phi) is 3.82. The Morgan fingerprint density at radius 1 is 1.37 bits per heavy atom. The first-order valence-corrected chi connectivity index (χ1v) is 5.47. The number of ether oxygens (including phenoxy) is 1. The molecule has 19 heavy (non-hydrogen) atoms. The average Bonchev–Trinajstić information content (AvgIpc) is 2.93. The monoisotopic (exact) mass is 260 g/mol. The predicted octanol–water partition coefficient (Wildman–Crippen LogP) is 2.11. The number of nitrogens with one attached hydrogen (secondary N) is 2. The summed E-state index contributed by atoms with van der Waals surface area (Å²) in [6.45, 7) is 0. The zero-order chi connectivity index (χ0) is 13.7. The minimum atomic E-state index is -0.397. The zero-order valence-electron chi connectivity index (χ0n) is 10.2. The van der Waals surface area contributed by atoms with Crippen LogP contribution >= 0.6 is 0 Å². The highest BCUT2D eigenvalue weighted by Gasteiger charge is 2.12. The minimum Gasteiger partial charge on any atom is -0.495 e. The van der Waals surface area contributed by atoms with Gasteiger partial charge >= 0.3 is 0 Å². The molecule has 0 atom stereocenters. The second-order valence-electron chi connectivity index (χ2n) is 3.61. The lowest BCUT2D eigenvalue weighted by Crippen LogP contribution is -2.12. The number of benzene rings is 1. The Bertz CT molecular complexity index is 578. The van der Waals surface area contributed by atoms with E-state index in [1.807, 2.05) is 0 Å². The number of hydrogen-bond acceptors (Lipinski definition) is 4. The number of carbonyl (C=O) groups is 2. The summed E-state index contributed by atoms with van der Waals surface area (Å²) >= 11 is 0. The molecule has 1 aromatic heterocycles. The van der Waals surface area contributed by atoms with E-state index >= 15 is 0 Å². The van der Waals surface area contributed by atoms with Gasteiger partial charge in [-0.05, 0) is 30.3 Å². The van der Waals surface area contributed by atoms with Crippen LogP contribution in [0.4, 0.5) is 11.4 Å². The maximum Gasteiger partial charge on any atom is 0.291 e. The van der Waals surface area contributed by atoms with Crippen molar-refractivity contribution in [1.29, 1.82) is 0 Å². The highest BCUT2D eigenvalue weighted by atomic mass is 16.5. The molecule has 0 saturated heterocycles. The van der Waals surface area contributed by atoms with Gasteiger partial charge in [-0.2, -0.15) is 0 Å². The lowest BCUT2D eigenvalue weighted by molar-refractivity contribution is -0.105. The number of methoxy groups -OCH3 is 1. The fourth-order valence-corrected chi connectivity index (χ4v) is 1.56. The van der Waals surface area contributed by atoms with Crippen molar-refractivity contribution in [2.75, 3.05) is 17.7 Å². The normalized spacial score (nSPS) is 9.74. The molecule has 98 valence electrons. The number of carbonyl (C=O) groups excluding carboxylic acids is 2. The summed E-state index contributed by atoms with van der Waals surface area (Å²) in [6.07, 6.45) is 1.97. The zero-order valence-corrected chi connectivity index (χ0v) is 10.2. The van der Waals surface area contributed by atoms with Crippen molar-refractivity contribution < 1.29 is 18.7 Å². The number of furan rings is 1. The Morgan fingerprint density at radius 2 is 2.21 bits per heavy atom. The fourth-order valence-electron chi connectivity index (χ4n) is 1.56. The molecule has 0 aliphatic rings. The molecule has 0 spiro atoms. The number of hydrogen-bond donors (Lipinski definition) is 2. The van der Waals surface area contributed by atoms with Crippen LogP contribution < -0.4 is 15.4 Å². The van der Waals surface area contributed by atoms with Gasteiger partial charge in [-0.1, -0.05) is 0 Å². The van der Waals surface area contributed by atoms with Gasteiger partial charge < -0.3 is 19.8 Å². The molecule has 2 aromatic rings. The fraction of sp³-hybridized carbons (Fsp3) is 0.0769. The first-order chi connectivity index (χ1) is 9.24. The first kappa shape index (κ1) is 12.7. The van der Waals surface area contributed by atoms with E-state index in [9.17, 15) is 9.59 Å². The van der Waals surface area contributed by atoms with E-state index in [2.05, 4.69) is 10.6 Å². The molecule has 0 fully saturated rings. The van der Waals surface area contributed by atoms with E-state index in [0.717, 1.165) is 0 Å².